The number of pyridine rings is 1. The van der Waals surface area contributed by atoms with Gasteiger partial charge in [0, 0.05) is 35.7 Å². The summed E-state index contributed by atoms with van der Waals surface area (Å²) >= 11 is 0. The monoisotopic (exact) mass is 469 g/mol. The molecular weight excluding hydrogens is 445 g/mol. The first-order valence-corrected chi connectivity index (χ1v) is 11.7. The first-order chi connectivity index (χ1) is 17.1. The van der Waals surface area contributed by atoms with Crippen LogP contribution in [0.5, 0.6) is 5.75 Å². The van der Waals surface area contributed by atoms with Crippen molar-refractivity contribution < 1.29 is 9.50 Å². The first-order valence-electron chi connectivity index (χ1n) is 11.7. The van der Waals surface area contributed by atoms with Crippen LogP contribution in [0.3, 0.4) is 0 Å². The summed E-state index contributed by atoms with van der Waals surface area (Å²) < 4.78 is 15.9. The lowest BCUT2D eigenvalue weighted by Gasteiger charge is -2.29. The lowest BCUT2D eigenvalue weighted by molar-refractivity contribution is 0.469. The molecule has 9 heteroatoms. The Morgan fingerprint density at radius 3 is 2.66 bits per heavy atom. The van der Waals surface area contributed by atoms with Crippen LogP contribution in [0.1, 0.15) is 24.8 Å². The Morgan fingerprint density at radius 2 is 1.83 bits per heavy atom. The number of nitrogens with two attached hydrogens (primary N) is 1. The van der Waals surface area contributed by atoms with Gasteiger partial charge in [0.25, 0.3) is 0 Å². The van der Waals surface area contributed by atoms with Gasteiger partial charge in [-0.1, -0.05) is 18.2 Å². The minimum atomic E-state index is -0.566. The molecule has 1 aliphatic rings. The van der Waals surface area contributed by atoms with Gasteiger partial charge in [-0.05, 0) is 43.5 Å². The number of fused-ring (bicyclic) bond motifs is 2. The van der Waals surface area contributed by atoms with Crippen molar-refractivity contribution in [1.29, 1.82) is 0 Å². The minimum Gasteiger partial charge on any atom is -0.508 e. The number of nitrogens with zero attached hydrogens (tertiary/aromatic N) is 6. The summed E-state index contributed by atoms with van der Waals surface area (Å²) in [6.07, 6.45) is 4.89. The van der Waals surface area contributed by atoms with Crippen molar-refractivity contribution in [2.45, 2.75) is 25.8 Å². The number of hydrogen-bond donors (Lipinski definition) is 2. The van der Waals surface area contributed by atoms with Crippen molar-refractivity contribution in [3.05, 3.63) is 66.2 Å². The minimum absolute atomic E-state index is 0.191. The third-order valence-corrected chi connectivity index (χ3v) is 6.47. The average molecular weight is 470 g/mol. The molecule has 0 atom stereocenters. The van der Waals surface area contributed by atoms with Crippen molar-refractivity contribution in [1.82, 2.24) is 24.7 Å². The molecule has 2 aromatic carbocycles. The van der Waals surface area contributed by atoms with Gasteiger partial charge in [-0.3, -0.25) is 0 Å². The second-order valence-electron chi connectivity index (χ2n) is 8.87. The van der Waals surface area contributed by atoms with Crippen LogP contribution in [0, 0.1) is 5.82 Å². The smallest absolute Gasteiger partial charge is 0.164 e. The fourth-order valence-electron chi connectivity index (χ4n) is 4.86. The number of hydrogen-bond acceptors (Lipinski definition) is 7. The van der Waals surface area contributed by atoms with E-state index in [4.69, 9.17) is 15.8 Å². The molecule has 0 amide bonds. The summed E-state index contributed by atoms with van der Waals surface area (Å²) in [6.45, 7) is 2.32. The van der Waals surface area contributed by atoms with Crippen LogP contribution < -0.4 is 10.6 Å². The number of phenolic OH excluding ortho intramolecular Hbond substituents is 1. The highest BCUT2D eigenvalue weighted by Crippen LogP contribution is 2.34. The van der Waals surface area contributed by atoms with Gasteiger partial charge in [-0.25, -0.2) is 24.0 Å². The lowest BCUT2D eigenvalue weighted by atomic mass is 10.1. The molecule has 176 valence electrons. The molecule has 8 nitrogen and oxygen atoms in total. The Bertz CT molecular complexity index is 1540. The zero-order valence-electron chi connectivity index (χ0n) is 19.0. The number of halogens is 1. The van der Waals surface area contributed by atoms with E-state index in [0.717, 1.165) is 54.3 Å². The fourth-order valence-corrected chi connectivity index (χ4v) is 4.86. The first kappa shape index (κ1) is 21.3. The van der Waals surface area contributed by atoms with Crippen molar-refractivity contribution in [2.24, 2.45) is 0 Å². The number of aromatic nitrogens is 5. The number of piperidine rings is 1. The van der Waals surface area contributed by atoms with Gasteiger partial charge >= 0.3 is 0 Å². The maximum Gasteiger partial charge on any atom is 0.164 e. The molecule has 4 heterocycles. The third kappa shape index (κ3) is 3.88. The normalized spacial score (nSPS) is 14.1. The number of aromatic hydroxyl groups is 1. The van der Waals surface area contributed by atoms with Crippen LogP contribution in [-0.4, -0.2) is 42.9 Å². The Morgan fingerprint density at radius 1 is 1.00 bits per heavy atom. The van der Waals surface area contributed by atoms with E-state index < -0.39 is 5.82 Å². The standard InChI is InChI=1S/C26H24FN7O/c27-19-11-17(12-20(35)13-19)23-22-24(28)29-15-30-26(22)34(32-23)14-18-10-16-6-2-3-7-21(16)31-25(18)33-8-4-1-5-9-33/h2-3,6-7,10-13,15,35H,1,4-5,8-9,14H2,(H2,28,29,30). The highest BCUT2D eigenvalue weighted by atomic mass is 19.1. The predicted octanol–water partition coefficient (Wildman–Crippen LogP) is 4.51. The average Bonchev–Trinajstić information content (AvgIpc) is 3.23. The Balaban J connectivity index is 1.52. The van der Waals surface area contributed by atoms with Crippen LogP contribution in [0.4, 0.5) is 16.0 Å². The van der Waals surface area contributed by atoms with Crippen LogP contribution in [0.2, 0.25) is 0 Å². The molecule has 0 bridgehead atoms. The number of para-hydroxylation sites is 1. The van der Waals surface area contributed by atoms with Crippen LogP contribution in [-0.2, 0) is 6.54 Å². The second kappa shape index (κ2) is 8.50. The van der Waals surface area contributed by atoms with E-state index in [1.54, 1.807) is 4.68 Å². The van der Waals surface area contributed by atoms with Crippen LogP contribution in [0.25, 0.3) is 33.2 Å². The largest absolute Gasteiger partial charge is 0.508 e. The van der Waals surface area contributed by atoms with Crippen molar-refractivity contribution in [3.63, 3.8) is 0 Å². The van der Waals surface area contributed by atoms with E-state index in [-0.39, 0.29) is 11.6 Å². The number of nitrogen functional groups attached to an aromatic ring is 1. The van der Waals surface area contributed by atoms with Gasteiger partial charge < -0.3 is 15.7 Å². The number of anilines is 2. The maximum absolute atomic E-state index is 14.1. The second-order valence-corrected chi connectivity index (χ2v) is 8.87. The van der Waals surface area contributed by atoms with E-state index >= 15 is 0 Å². The predicted molar refractivity (Wildman–Crippen MR) is 134 cm³/mol. The fraction of sp³-hybridized carbons (Fsp3) is 0.231. The molecule has 35 heavy (non-hydrogen) atoms. The summed E-state index contributed by atoms with van der Waals surface area (Å²) in [5.74, 6) is 0.431. The van der Waals surface area contributed by atoms with Crippen molar-refractivity contribution in [2.75, 3.05) is 23.7 Å². The summed E-state index contributed by atoms with van der Waals surface area (Å²) in [7, 11) is 0. The summed E-state index contributed by atoms with van der Waals surface area (Å²) in [4.78, 5) is 15.9. The molecule has 6 rings (SSSR count). The number of benzene rings is 2. The molecule has 3 aromatic heterocycles. The zero-order chi connectivity index (χ0) is 23.9. The van der Waals surface area contributed by atoms with E-state index in [1.807, 2.05) is 24.3 Å². The summed E-state index contributed by atoms with van der Waals surface area (Å²) in [6, 6.07) is 14.0. The summed E-state index contributed by atoms with van der Waals surface area (Å²) in [5, 5.41) is 16.3. The van der Waals surface area contributed by atoms with Crippen molar-refractivity contribution in [3.8, 4) is 17.0 Å². The molecule has 1 fully saturated rings. The van der Waals surface area contributed by atoms with Crippen LogP contribution >= 0.6 is 0 Å². The Labute approximate surface area is 200 Å². The molecule has 5 aromatic rings. The van der Waals surface area contributed by atoms with E-state index in [1.165, 1.54) is 24.9 Å². The summed E-state index contributed by atoms with van der Waals surface area (Å²) in [5.41, 5.74) is 9.54. The quantitative estimate of drug-likeness (QED) is 0.399. The molecule has 3 N–H and O–H groups in total. The molecule has 0 radical (unpaired) electrons. The zero-order valence-corrected chi connectivity index (χ0v) is 19.0. The van der Waals surface area contributed by atoms with E-state index in [9.17, 15) is 9.50 Å². The molecule has 0 spiro atoms. The molecule has 0 aliphatic carbocycles. The Hall–Kier alpha value is -4.27. The molecule has 1 saturated heterocycles. The maximum atomic E-state index is 14.1. The van der Waals surface area contributed by atoms with E-state index in [2.05, 4.69) is 20.9 Å². The molecule has 0 saturated carbocycles. The SMILES string of the molecule is Nc1ncnc2c1c(-c1cc(O)cc(F)c1)nn2Cc1cc2ccccc2nc1N1CCCCC1. The van der Waals surface area contributed by atoms with Gasteiger partial charge in [0.15, 0.2) is 5.65 Å². The topological polar surface area (TPSA) is 106 Å². The van der Waals surface area contributed by atoms with Gasteiger partial charge in [-0.2, -0.15) is 5.10 Å². The Kier molecular flexibility index (Phi) is 5.17. The molecule has 0 unspecified atom stereocenters. The van der Waals surface area contributed by atoms with E-state index in [0.29, 0.717) is 28.8 Å². The lowest BCUT2D eigenvalue weighted by Crippen LogP contribution is -2.31. The van der Waals surface area contributed by atoms with Gasteiger partial charge in [0.2, 0.25) is 0 Å². The van der Waals surface area contributed by atoms with Gasteiger partial charge in [-0.15, -0.1) is 0 Å². The van der Waals surface area contributed by atoms with Gasteiger partial charge in [0.1, 0.15) is 35.2 Å². The highest BCUT2D eigenvalue weighted by molar-refractivity contribution is 5.98. The number of rotatable bonds is 4. The number of phenols is 1. The van der Waals surface area contributed by atoms with Crippen LogP contribution in [0.15, 0.2) is 54.9 Å². The third-order valence-electron chi connectivity index (χ3n) is 6.47. The molecule has 1 aliphatic heterocycles. The van der Waals surface area contributed by atoms with Gasteiger partial charge in [0.05, 0.1) is 17.4 Å². The van der Waals surface area contributed by atoms with Crippen molar-refractivity contribution >= 4 is 33.6 Å². The molecular formula is C26H24FN7O. The highest BCUT2D eigenvalue weighted by Gasteiger charge is 2.22.